The van der Waals surface area contributed by atoms with Crippen molar-refractivity contribution in [2.75, 3.05) is 0 Å². The topological polar surface area (TPSA) is 26.3 Å². The summed E-state index contributed by atoms with van der Waals surface area (Å²) < 4.78 is 5.76. The highest BCUT2D eigenvalue weighted by Gasteiger charge is 2.69. The minimum Gasteiger partial charge on any atom is -0.459 e. The average Bonchev–Trinajstić information content (AvgIpc) is 3.03. The van der Waals surface area contributed by atoms with Crippen LogP contribution in [0.5, 0.6) is 0 Å². The second-order valence-corrected chi connectivity index (χ2v) is 8.24. The zero-order valence-corrected chi connectivity index (χ0v) is 12.3. The lowest BCUT2D eigenvalue weighted by atomic mass is 9.56. The third-order valence-electron chi connectivity index (χ3n) is 7.69. The van der Waals surface area contributed by atoms with Gasteiger partial charge in [-0.1, -0.05) is 6.58 Å². The summed E-state index contributed by atoms with van der Waals surface area (Å²) in [6.45, 7) is 5.48. The largest absolute Gasteiger partial charge is 0.459 e. The van der Waals surface area contributed by atoms with Crippen LogP contribution in [0, 0.1) is 47.3 Å². The summed E-state index contributed by atoms with van der Waals surface area (Å²) in [5, 5.41) is 0. The van der Waals surface area contributed by atoms with Gasteiger partial charge in [0.2, 0.25) is 0 Å². The van der Waals surface area contributed by atoms with E-state index in [-0.39, 0.29) is 12.1 Å². The Morgan fingerprint density at radius 3 is 2.30 bits per heavy atom. The molecule has 2 heteroatoms. The summed E-state index contributed by atoms with van der Waals surface area (Å²) >= 11 is 0. The molecule has 20 heavy (non-hydrogen) atoms. The molecule has 2 nitrogen and oxygen atoms in total. The maximum atomic E-state index is 11.8. The zero-order valence-electron chi connectivity index (χ0n) is 12.3. The van der Waals surface area contributed by atoms with Gasteiger partial charge in [-0.2, -0.15) is 0 Å². The second-order valence-electron chi connectivity index (χ2n) is 8.24. The van der Waals surface area contributed by atoms with Crippen molar-refractivity contribution >= 4 is 5.97 Å². The molecule has 108 valence electrons. The molecule has 0 amide bonds. The van der Waals surface area contributed by atoms with Crippen LogP contribution in [0.1, 0.15) is 39.0 Å². The molecule has 0 saturated heterocycles. The monoisotopic (exact) mass is 272 g/mol. The van der Waals surface area contributed by atoms with Crippen LogP contribution in [0.15, 0.2) is 12.2 Å². The Morgan fingerprint density at radius 2 is 1.65 bits per heavy atom. The molecule has 0 aliphatic heterocycles. The summed E-state index contributed by atoms with van der Waals surface area (Å²) in [7, 11) is 0. The molecule has 5 saturated carbocycles. The number of esters is 1. The van der Waals surface area contributed by atoms with E-state index in [1.54, 1.807) is 6.92 Å². The molecule has 0 spiro atoms. The van der Waals surface area contributed by atoms with E-state index in [9.17, 15) is 4.79 Å². The van der Waals surface area contributed by atoms with Crippen molar-refractivity contribution in [1.82, 2.24) is 0 Å². The average molecular weight is 272 g/mol. The zero-order chi connectivity index (χ0) is 13.6. The van der Waals surface area contributed by atoms with Gasteiger partial charge in [-0.05, 0) is 86.4 Å². The van der Waals surface area contributed by atoms with Crippen molar-refractivity contribution in [1.29, 1.82) is 0 Å². The summed E-state index contributed by atoms with van der Waals surface area (Å²) in [4.78, 5) is 11.8. The van der Waals surface area contributed by atoms with Crippen LogP contribution in [-0.2, 0) is 9.53 Å². The first-order valence-electron chi connectivity index (χ1n) is 8.51. The number of carbonyl (C=O) groups is 1. The third-order valence-corrected chi connectivity index (χ3v) is 7.69. The van der Waals surface area contributed by atoms with Crippen molar-refractivity contribution in [2.45, 2.75) is 45.1 Å². The quantitative estimate of drug-likeness (QED) is 0.437. The van der Waals surface area contributed by atoms with E-state index in [0.717, 1.165) is 47.8 Å². The molecule has 9 unspecified atom stereocenters. The Kier molecular flexibility index (Phi) is 2.18. The molecule has 0 N–H and O–H groups in total. The van der Waals surface area contributed by atoms with Crippen LogP contribution in [0.2, 0.25) is 0 Å². The first kappa shape index (κ1) is 11.8. The van der Waals surface area contributed by atoms with Gasteiger partial charge < -0.3 is 4.74 Å². The standard InChI is InChI=1S/C18H24O2/c1-8(2)18(19)20-15-6-9-5-14(15)17-13-7-12(16(9)17)10-3-4-11(10)13/h9-17H,1,3-7H2,2H3. The van der Waals surface area contributed by atoms with E-state index in [1.807, 2.05) is 0 Å². The maximum Gasteiger partial charge on any atom is 0.333 e. The van der Waals surface area contributed by atoms with Crippen molar-refractivity contribution in [2.24, 2.45) is 47.3 Å². The van der Waals surface area contributed by atoms with Gasteiger partial charge in [0.15, 0.2) is 0 Å². The minimum atomic E-state index is -0.163. The Bertz CT molecular complexity index is 496. The third kappa shape index (κ3) is 1.25. The van der Waals surface area contributed by atoms with Crippen LogP contribution in [-0.4, -0.2) is 12.1 Å². The summed E-state index contributed by atoms with van der Waals surface area (Å²) in [6, 6.07) is 0. The Hall–Kier alpha value is -0.790. The lowest BCUT2D eigenvalue weighted by Crippen LogP contribution is -2.46. The fourth-order valence-corrected chi connectivity index (χ4v) is 7.17. The Labute approximate surface area is 120 Å². The van der Waals surface area contributed by atoms with E-state index in [4.69, 9.17) is 4.74 Å². The molecule has 0 aromatic rings. The second kappa shape index (κ2) is 3.69. The molecule has 5 aliphatic rings. The van der Waals surface area contributed by atoms with E-state index in [1.165, 1.54) is 25.7 Å². The van der Waals surface area contributed by atoms with Gasteiger partial charge in [0.1, 0.15) is 6.10 Å². The van der Waals surface area contributed by atoms with Crippen molar-refractivity contribution < 1.29 is 9.53 Å². The number of ether oxygens (including phenoxy) is 1. The van der Waals surface area contributed by atoms with Crippen LogP contribution in [0.25, 0.3) is 0 Å². The number of hydrogen-bond acceptors (Lipinski definition) is 2. The Morgan fingerprint density at radius 1 is 0.950 bits per heavy atom. The van der Waals surface area contributed by atoms with Gasteiger partial charge in [0.05, 0.1) is 0 Å². The van der Waals surface area contributed by atoms with Crippen molar-refractivity contribution in [3.05, 3.63) is 12.2 Å². The molecule has 5 rings (SSSR count). The molecule has 4 bridgehead atoms. The van der Waals surface area contributed by atoms with E-state index < -0.39 is 0 Å². The lowest BCUT2D eigenvalue weighted by molar-refractivity contribution is -0.150. The molecule has 9 atom stereocenters. The number of fused-ring (bicyclic) bond motifs is 12. The fourth-order valence-electron chi connectivity index (χ4n) is 7.17. The summed E-state index contributed by atoms with van der Waals surface area (Å²) in [5.74, 6) is 7.49. The van der Waals surface area contributed by atoms with Crippen molar-refractivity contribution in [3.63, 3.8) is 0 Å². The van der Waals surface area contributed by atoms with Gasteiger partial charge >= 0.3 is 5.97 Å². The van der Waals surface area contributed by atoms with Crippen molar-refractivity contribution in [3.8, 4) is 0 Å². The Balaban J connectivity index is 1.38. The van der Waals surface area contributed by atoms with Gasteiger partial charge in [-0.3, -0.25) is 0 Å². The number of rotatable bonds is 2. The maximum absolute atomic E-state index is 11.8. The predicted octanol–water partition coefficient (Wildman–Crippen LogP) is 3.42. The fraction of sp³-hybridized carbons (Fsp3) is 0.833. The molecule has 0 aromatic carbocycles. The van der Waals surface area contributed by atoms with E-state index in [0.29, 0.717) is 11.5 Å². The molecule has 0 radical (unpaired) electrons. The summed E-state index contributed by atoms with van der Waals surface area (Å²) in [5.41, 5.74) is 0.552. The SMILES string of the molecule is C=C(C)C(=O)OC1CC2CC1C1C3CC(C4CCC43)C21. The first-order chi connectivity index (χ1) is 9.65. The van der Waals surface area contributed by atoms with Crippen LogP contribution < -0.4 is 0 Å². The summed E-state index contributed by atoms with van der Waals surface area (Å²) in [6.07, 6.45) is 7.21. The van der Waals surface area contributed by atoms with Crippen LogP contribution >= 0.6 is 0 Å². The van der Waals surface area contributed by atoms with Gasteiger partial charge in [-0.15, -0.1) is 0 Å². The van der Waals surface area contributed by atoms with Gasteiger partial charge in [0.25, 0.3) is 0 Å². The van der Waals surface area contributed by atoms with E-state index in [2.05, 4.69) is 6.58 Å². The highest BCUT2D eigenvalue weighted by Crippen LogP contribution is 2.74. The molecule has 0 aromatic heterocycles. The highest BCUT2D eigenvalue weighted by molar-refractivity contribution is 5.87. The first-order valence-corrected chi connectivity index (χ1v) is 8.51. The number of carbonyl (C=O) groups excluding carboxylic acids is 1. The van der Waals surface area contributed by atoms with Gasteiger partial charge in [-0.25, -0.2) is 4.79 Å². The smallest absolute Gasteiger partial charge is 0.333 e. The highest BCUT2D eigenvalue weighted by atomic mass is 16.5. The minimum absolute atomic E-state index is 0.163. The van der Waals surface area contributed by atoms with Crippen LogP contribution in [0.3, 0.4) is 0 Å². The van der Waals surface area contributed by atoms with E-state index >= 15 is 0 Å². The van der Waals surface area contributed by atoms with Gasteiger partial charge in [0, 0.05) is 5.57 Å². The van der Waals surface area contributed by atoms with Crippen LogP contribution in [0.4, 0.5) is 0 Å². The molecule has 0 heterocycles. The molecule has 5 fully saturated rings. The predicted molar refractivity (Wildman–Crippen MR) is 75.7 cm³/mol. The normalized spacial score (nSPS) is 57.1. The molecule has 5 aliphatic carbocycles. The number of hydrogen-bond donors (Lipinski definition) is 0. The molecular weight excluding hydrogens is 248 g/mol. The lowest BCUT2D eigenvalue weighted by Gasteiger charge is -2.50. The molecular formula is C18H24O2.